The van der Waals surface area contributed by atoms with Crippen LogP contribution >= 0.6 is 43.2 Å². The Balaban J connectivity index is 1.25. The highest BCUT2D eigenvalue weighted by Gasteiger charge is 2.70. The third kappa shape index (κ3) is 5.30. The summed E-state index contributed by atoms with van der Waals surface area (Å²) in [5, 5.41) is 25.0. The van der Waals surface area contributed by atoms with Crippen molar-refractivity contribution in [2.45, 2.75) is 93.6 Å². The second-order valence-electron chi connectivity index (χ2n) is 15.9. The van der Waals surface area contributed by atoms with Crippen molar-refractivity contribution in [2.24, 2.45) is 51.1 Å². The van der Waals surface area contributed by atoms with E-state index in [4.69, 9.17) is 10.7 Å². The molecule has 2 spiro atoms. The van der Waals surface area contributed by atoms with Crippen molar-refractivity contribution in [3.05, 3.63) is 46.5 Å². The van der Waals surface area contributed by atoms with Crippen LogP contribution in [0.2, 0.25) is 0 Å². The normalized spacial score (nSPS) is 43.0. The van der Waals surface area contributed by atoms with Crippen LogP contribution in [0, 0.1) is 40.4 Å². The average molecular weight is 714 g/mol. The van der Waals surface area contributed by atoms with Crippen LogP contribution in [0.5, 0.6) is 0 Å². The monoisotopic (exact) mass is 713 g/mol. The van der Waals surface area contributed by atoms with Gasteiger partial charge in [-0.1, -0.05) is 79.9 Å². The fourth-order valence-corrected chi connectivity index (χ4v) is 17.8. The quantitative estimate of drug-likeness (QED) is 0.246. The molecule has 7 aliphatic rings. The Labute approximate surface area is 296 Å². The molecule has 4 aliphatic carbocycles. The van der Waals surface area contributed by atoms with Gasteiger partial charge in [0.05, 0.1) is 5.54 Å². The molecule has 1 aromatic carbocycles. The molecule has 3 heterocycles. The largest absolute Gasteiger partial charge is 0.396 e. The molecule has 47 heavy (non-hydrogen) atoms. The van der Waals surface area contributed by atoms with E-state index in [0.29, 0.717) is 47.1 Å². The van der Waals surface area contributed by atoms with Gasteiger partial charge in [0, 0.05) is 60.0 Å². The van der Waals surface area contributed by atoms with Crippen molar-refractivity contribution in [3.8, 4) is 0 Å². The van der Waals surface area contributed by atoms with E-state index in [1.807, 2.05) is 21.6 Å². The van der Waals surface area contributed by atoms with Crippen molar-refractivity contribution < 1.29 is 15.0 Å². The Morgan fingerprint density at radius 1 is 1.15 bits per heavy atom. The predicted molar refractivity (Wildman–Crippen MR) is 199 cm³/mol. The van der Waals surface area contributed by atoms with Gasteiger partial charge in [-0.05, 0) is 109 Å². The van der Waals surface area contributed by atoms with Gasteiger partial charge in [-0.25, -0.2) is 0 Å². The van der Waals surface area contributed by atoms with Crippen LogP contribution in [0.25, 0.3) is 0 Å². The molecule has 6 nitrogen and oxygen atoms in total. The van der Waals surface area contributed by atoms with Gasteiger partial charge in [0.2, 0.25) is 0 Å². The van der Waals surface area contributed by atoms with E-state index < -0.39 is 0 Å². The second-order valence-corrected chi connectivity index (χ2v) is 21.1. The van der Waals surface area contributed by atoms with E-state index in [1.54, 1.807) is 0 Å². The first-order valence-electron chi connectivity index (χ1n) is 18.0. The molecule has 256 valence electrons. The minimum absolute atomic E-state index is 0.0358. The van der Waals surface area contributed by atoms with E-state index in [2.05, 4.69) is 58.1 Å². The number of aliphatic hydroxyl groups is 2. The molecule has 10 heteroatoms. The molecule has 0 unspecified atom stereocenters. The molecule has 0 radical (unpaired) electrons. The first-order chi connectivity index (χ1) is 22.8. The summed E-state index contributed by atoms with van der Waals surface area (Å²) in [6.07, 6.45) is 9.56. The number of fused-ring (bicyclic) bond motifs is 4. The highest BCUT2D eigenvalue weighted by Crippen LogP contribution is 2.75. The fourth-order valence-electron chi connectivity index (χ4n) is 12.0. The van der Waals surface area contributed by atoms with E-state index in [0.717, 1.165) is 80.7 Å². The molecule has 1 aromatic rings. The third-order valence-electron chi connectivity index (χ3n) is 14.0. The van der Waals surface area contributed by atoms with Crippen molar-refractivity contribution in [1.82, 2.24) is 5.32 Å². The van der Waals surface area contributed by atoms with Gasteiger partial charge < -0.3 is 21.3 Å². The van der Waals surface area contributed by atoms with E-state index in [9.17, 15) is 15.0 Å². The highest BCUT2D eigenvalue weighted by molar-refractivity contribution is 8.77. The standard InChI is InChI=1S/C37H51N3O3S4/c1-35-9-11-44-47-33-8-7-27-24-5-2-4-22(12-24)20-45-46-21-23(16-37(33)31(27)18-39-34(38)40-37)13-28-30-15-26(35)14-25(19-42)29(6-3-10-41)36(30,35)17-32(28)43/h2,4-5,12,23,25-27,29,31,33,41-42H,3,6-11,13-21H2,1H3,(H3,38,39,40)/t23-,25-,26-,27-,29-,31-,33-,35+,36+,37-/m1/s1. The van der Waals surface area contributed by atoms with Gasteiger partial charge >= 0.3 is 0 Å². The molecule has 3 saturated carbocycles. The number of nitrogens with zero attached hydrogens (tertiary/aromatic N) is 1. The summed E-state index contributed by atoms with van der Waals surface area (Å²) in [6.45, 7) is 3.63. The summed E-state index contributed by atoms with van der Waals surface area (Å²) in [5.74, 6) is 6.13. The Bertz CT molecular complexity index is 1460. The molecule has 10 atom stereocenters. The van der Waals surface area contributed by atoms with Crippen LogP contribution in [0.1, 0.15) is 88.2 Å². The number of aliphatic hydroxyl groups excluding tert-OH is 2. The van der Waals surface area contributed by atoms with Gasteiger partial charge in [-0.2, -0.15) is 0 Å². The summed E-state index contributed by atoms with van der Waals surface area (Å²) in [4.78, 5) is 19.4. The lowest BCUT2D eigenvalue weighted by Crippen LogP contribution is -2.68. The summed E-state index contributed by atoms with van der Waals surface area (Å²) >= 11 is 0. The van der Waals surface area contributed by atoms with Crippen LogP contribution in [-0.2, 0) is 10.5 Å². The molecule has 0 saturated heterocycles. The zero-order chi connectivity index (χ0) is 32.4. The molecular weight excluding hydrogens is 663 g/mol. The van der Waals surface area contributed by atoms with E-state index >= 15 is 0 Å². The van der Waals surface area contributed by atoms with Gasteiger partial charge in [-0.15, -0.1) is 0 Å². The lowest BCUT2D eigenvalue weighted by molar-refractivity contribution is -0.125. The molecule has 8 rings (SSSR count). The highest BCUT2D eigenvalue weighted by atomic mass is 33.1. The Kier molecular flexibility index (Phi) is 9.29. The first kappa shape index (κ1) is 33.4. The van der Waals surface area contributed by atoms with Crippen molar-refractivity contribution in [2.75, 3.05) is 31.3 Å². The summed E-state index contributed by atoms with van der Waals surface area (Å²) < 4.78 is 0. The van der Waals surface area contributed by atoms with Gasteiger partial charge in [0.25, 0.3) is 0 Å². The van der Waals surface area contributed by atoms with Crippen LogP contribution in [-0.4, -0.2) is 64.0 Å². The smallest absolute Gasteiger partial charge is 0.189 e. The van der Waals surface area contributed by atoms with Gasteiger partial charge in [0.15, 0.2) is 11.7 Å². The Morgan fingerprint density at radius 3 is 2.89 bits per heavy atom. The number of guanidine groups is 1. The lowest BCUT2D eigenvalue weighted by atomic mass is 9.47. The maximum absolute atomic E-state index is 14.5. The number of hydrogen-bond acceptors (Lipinski definition) is 10. The van der Waals surface area contributed by atoms with Crippen molar-refractivity contribution >= 4 is 54.9 Å². The third-order valence-corrected chi connectivity index (χ3v) is 19.5. The van der Waals surface area contributed by atoms with E-state index in [1.165, 1.54) is 23.1 Å². The molecule has 10 bridgehead atoms. The van der Waals surface area contributed by atoms with Crippen LogP contribution in [0.3, 0.4) is 0 Å². The zero-order valence-corrected chi connectivity index (χ0v) is 30.9. The fraction of sp³-hybridized carbons (Fsp3) is 0.730. The maximum atomic E-state index is 14.5. The molecule has 3 fully saturated rings. The molecular formula is C37H51N3O3S4. The second kappa shape index (κ2) is 13.1. The minimum atomic E-state index is -0.182. The Morgan fingerprint density at radius 2 is 2.04 bits per heavy atom. The van der Waals surface area contributed by atoms with Crippen molar-refractivity contribution in [3.63, 3.8) is 0 Å². The topological polar surface area (TPSA) is 108 Å². The van der Waals surface area contributed by atoms with Crippen LogP contribution in [0.4, 0.5) is 0 Å². The molecule has 0 aromatic heterocycles. The van der Waals surface area contributed by atoms with Crippen LogP contribution in [0.15, 0.2) is 40.4 Å². The van der Waals surface area contributed by atoms with Crippen molar-refractivity contribution in [1.29, 1.82) is 0 Å². The van der Waals surface area contributed by atoms with Gasteiger partial charge in [-0.3, -0.25) is 9.79 Å². The zero-order valence-electron chi connectivity index (χ0n) is 27.6. The van der Waals surface area contributed by atoms with Gasteiger partial charge in [0.1, 0.15) is 0 Å². The number of nitrogens with two attached hydrogens (primary N) is 1. The summed E-state index contributed by atoms with van der Waals surface area (Å²) in [7, 11) is 8.11. The number of hydrogen-bond donors (Lipinski definition) is 4. The Hall–Kier alpha value is -0.780. The maximum Gasteiger partial charge on any atom is 0.189 e. The average Bonchev–Trinajstić information content (AvgIpc) is 3.39. The number of benzene rings is 1. The number of Topliss-reactive ketones (excluding diaryl/α,β-unsaturated/α-hetero) is 1. The predicted octanol–water partition coefficient (Wildman–Crippen LogP) is 6.96. The number of nitrogens with one attached hydrogen (secondary N) is 1. The summed E-state index contributed by atoms with van der Waals surface area (Å²) in [6, 6.07) is 9.34. The number of carbonyl (C=O) groups excluding carboxylic acids is 1. The van der Waals surface area contributed by atoms with Crippen LogP contribution < -0.4 is 11.1 Å². The van der Waals surface area contributed by atoms with E-state index in [-0.39, 0.29) is 41.4 Å². The number of ketones is 1. The first-order valence-corrected chi connectivity index (χ1v) is 22.9. The molecule has 0 amide bonds. The SMILES string of the molecule is C[C@]12CCSS[C@@H]3CC[C@@H]4c5cccc(c5)CSSC[C@H](CC5=C6C[C@H]1C[C@H](CO)[C@@H](CCCO)[C@@]62CC5=O)C[C@]31NC(N)=NC[C@H]41. The lowest BCUT2D eigenvalue weighted by Gasteiger charge is -2.57. The molecule has 3 aliphatic heterocycles. The number of allylic oxidation sites excluding steroid dienone is 2. The number of aliphatic imine (C=N–C) groups is 1. The number of rotatable bonds is 4. The summed E-state index contributed by atoms with van der Waals surface area (Å²) in [5.41, 5.74) is 11.8. The molecule has 5 N–H and O–H groups in total. The minimum Gasteiger partial charge on any atom is -0.396 e. The number of carbonyl (C=O) groups is 1.